The third kappa shape index (κ3) is 5.51. The number of rotatable bonds is 5. The van der Waals surface area contributed by atoms with Crippen LogP contribution in [0.3, 0.4) is 0 Å². The molecule has 4 heterocycles. The number of anilines is 1. The first-order valence-electron chi connectivity index (χ1n) is 11.7. The van der Waals surface area contributed by atoms with Crippen LogP contribution in [-0.2, 0) is 11.2 Å². The van der Waals surface area contributed by atoms with Crippen LogP contribution in [0.2, 0.25) is 0 Å². The largest absolute Gasteiger partial charge is 0.493 e. The summed E-state index contributed by atoms with van der Waals surface area (Å²) in [4.78, 5) is 35.3. The van der Waals surface area contributed by atoms with Crippen LogP contribution in [0.25, 0.3) is 23.4 Å². The highest BCUT2D eigenvalue weighted by atomic mass is 32.2. The lowest BCUT2D eigenvalue weighted by molar-refractivity contribution is -0.199. The maximum absolute atomic E-state index is 13.0. The molecule has 0 atom stereocenters. The van der Waals surface area contributed by atoms with E-state index in [2.05, 4.69) is 27.3 Å². The number of hydrogen-bond donors (Lipinski definition) is 1. The summed E-state index contributed by atoms with van der Waals surface area (Å²) in [7, 11) is 0. The molecule has 0 bridgehead atoms. The van der Waals surface area contributed by atoms with E-state index in [-0.39, 0.29) is 29.9 Å². The number of nitrogens with one attached hydrogen (secondary N) is 1. The fourth-order valence-electron chi connectivity index (χ4n) is 4.29. The summed E-state index contributed by atoms with van der Waals surface area (Å²) in [5.41, 5.74) is 3.67. The number of amides is 1. The molecule has 0 aliphatic carbocycles. The van der Waals surface area contributed by atoms with Gasteiger partial charge in [0.15, 0.2) is 0 Å². The number of halogens is 3. The fraction of sp³-hybridized carbons (Fsp3) is 0.269. The summed E-state index contributed by atoms with van der Waals surface area (Å²) in [6.07, 6.45) is 0.228. The number of carbonyl (C=O) groups excluding carboxylic acids is 2. The molecule has 0 spiro atoms. The zero-order chi connectivity index (χ0) is 26.0. The molecule has 192 valence electrons. The summed E-state index contributed by atoms with van der Waals surface area (Å²) < 4.78 is 39.7. The van der Waals surface area contributed by atoms with E-state index in [1.807, 2.05) is 30.0 Å². The molecule has 37 heavy (non-hydrogen) atoms. The molecule has 1 fully saturated rings. The number of thioether (sulfide) groups is 1. The molecule has 2 aliphatic rings. The molecule has 1 N–H and O–H groups in total. The Kier molecular flexibility index (Phi) is 6.96. The summed E-state index contributed by atoms with van der Waals surface area (Å²) >= 11 is 1.96. The van der Waals surface area contributed by atoms with E-state index in [9.17, 15) is 22.8 Å². The molecule has 1 saturated heterocycles. The van der Waals surface area contributed by atoms with Crippen molar-refractivity contribution in [3.05, 3.63) is 71.2 Å². The summed E-state index contributed by atoms with van der Waals surface area (Å²) in [5.74, 6) is -0.559. The van der Waals surface area contributed by atoms with Gasteiger partial charge < -0.3 is 15.1 Å². The van der Waals surface area contributed by atoms with Crippen molar-refractivity contribution in [2.75, 3.05) is 36.0 Å². The molecule has 0 saturated carbocycles. The molecule has 7 nitrogen and oxygen atoms in total. The van der Waals surface area contributed by atoms with Crippen LogP contribution >= 0.6 is 11.8 Å². The SMILES string of the molecule is O=C1NCCc2c1cc(-c1ccnc(/C=C/c3ccc(N4CCSCC4)cc3)c1)n2OC(=O)C(F)(F)F. The maximum atomic E-state index is 13.0. The van der Waals surface area contributed by atoms with Gasteiger partial charge >= 0.3 is 12.1 Å². The first-order chi connectivity index (χ1) is 17.8. The average Bonchev–Trinajstić information content (AvgIpc) is 3.27. The van der Waals surface area contributed by atoms with E-state index < -0.39 is 18.1 Å². The lowest BCUT2D eigenvalue weighted by Crippen LogP contribution is -2.37. The van der Waals surface area contributed by atoms with Crippen molar-refractivity contribution in [1.29, 1.82) is 0 Å². The second-order valence-corrected chi connectivity index (χ2v) is 9.79. The molecule has 0 unspecified atom stereocenters. The maximum Gasteiger partial charge on any atom is 0.493 e. The standard InChI is InChI=1S/C26H23F3N4O3S/c27-26(28,29)25(35)36-33-22-8-10-31-24(34)21(22)16-23(33)18-7-9-30-19(15-18)4-1-17-2-5-20(6-3-17)32-11-13-37-14-12-32/h1-7,9,15-16H,8,10-14H2,(H,31,34)/b4-1+. The third-order valence-corrected chi connectivity index (χ3v) is 7.09. The van der Waals surface area contributed by atoms with Crippen molar-refractivity contribution in [3.8, 4) is 11.3 Å². The second kappa shape index (κ2) is 10.3. The Morgan fingerprint density at radius 2 is 1.84 bits per heavy atom. The van der Waals surface area contributed by atoms with Crippen LogP contribution in [0.5, 0.6) is 0 Å². The van der Waals surface area contributed by atoms with E-state index in [0.717, 1.165) is 34.9 Å². The van der Waals surface area contributed by atoms with Gasteiger partial charge in [0.25, 0.3) is 5.91 Å². The number of benzene rings is 1. The van der Waals surface area contributed by atoms with E-state index in [0.29, 0.717) is 11.3 Å². The minimum Gasteiger partial charge on any atom is -0.370 e. The highest BCUT2D eigenvalue weighted by molar-refractivity contribution is 7.99. The van der Waals surface area contributed by atoms with Crippen LogP contribution in [0, 0.1) is 0 Å². The molecule has 2 aliphatic heterocycles. The number of hydrogen-bond acceptors (Lipinski definition) is 6. The zero-order valence-corrected chi connectivity index (χ0v) is 20.4. The average molecular weight is 529 g/mol. The Morgan fingerprint density at radius 3 is 2.57 bits per heavy atom. The molecular weight excluding hydrogens is 505 g/mol. The Balaban J connectivity index is 1.41. The molecular formula is C26H23F3N4O3S. The van der Waals surface area contributed by atoms with Gasteiger partial charge in [-0.15, -0.1) is 0 Å². The molecule has 2 aromatic heterocycles. The van der Waals surface area contributed by atoms with Crippen molar-refractivity contribution in [3.63, 3.8) is 0 Å². The first-order valence-corrected chi connectivity index (χ1v) is 12.8. The summed E-state index contributed by atoms with van der Waals surface area (Å²) in [5, 5.41) is 2.65. The van der Waals surface area contributed by atoms with Gasteiger partial charge in [-0.3, -0.25) is 9.78 Å². The minimum atomic E-state index is -5.18. The van der Waals surface area contributed by atoms with Gasteiger partial charge in [-0.1, -0.05) is 18.2 Å². The van der Waals surface area contributed by atoms with Crippen molar-refractivity contribution >= 4 is 41.5 Å². The minimum absolute atomic E-state index is 0.153. The lowest BCUT2D eigenvalue weighted by atomic mass is 10.1. The molecule has 1 aromatic carbocycles. The number of pyridine rings is 1. The Morgan fingerprint density at radius 1 is 1.08 bits per heavy atom. The smallest absolute Gasteiger partial charge is 0.370 e. The monoisotopic (exact) mass is 528 g/mol. The zero-order valence-electron chi connectivity index (χ0n) is 19.6. The normalized spacial score (nSPS) is 16.0. The second-order valence-electron chi connectivity index (χ2n) is 8.56. The van der Waals surface area contributed by atoms with Gasteiger partial charge in [0, 0.05) is 55.0 Å². The van der Waals surface area contributed by atoms with Crippen molar-refractivity contribution < 1.29 is 27.6 Å². The molecule has 5 rings (SSSR count). The van der Waals surface area contributed by atoms with Crippen LogP contribution in [0.4, 0.5) is 18.9 Å². The predicted molar refractivity (Wildman–Crippen MR) is 136 cm³/mol. The van der Waals surface area contributed by atoms with Crippen LogP contribution in [0.1, 0.15) is 27.3 Å². The topological polar surface area (TPSA) is 76.5 Å². The first kappa shape index (κ1) is 24.9. The van der Waals surface area contributed by atoms with Crippen LogP contribution < -0.4 is 15.1 Å². The van der Waals surface area contributed by atoms with Crippen LogP contribution in [0.15, 0.2) is 48.7 Å². The fourth-order valence-corrected chi connectivity index (χ4v) is 5.20. The van der Waals surface area contributed by atoms with Gasteiger partial charge in [0.1, 0.15) is 0 Å². The van der Waals surface area contributed by atoms with Gasteiger partial charge in [-0.25, -0.2) is 4.79 Å². The quantitative estimate of drug-likeness (QED) is 0.538. The van der Waals surface area contributed by atoms with Gasteiger partial charge in [0.05, 0.1) is 22.6 Å². The Hall–Kier alpha value is -3.73. The number of fused-ring (bicyclic) bond motifs is 1. The van der Waals surface area contributed by atoms with E-state index in [1.54, 1.807) is 18.2 Å². The molecule has 1 amide bonds. The number of alkyl halides is 3. The summed E-state index contributed by atoms with van der Waals surface area (Å²) in [6, 6.07) is 12.9. The molecule has 11 heteroatoms. The Bertz CT molecular complexity index is 1350. The van der Waals surface area contributed by atoms with Gasteiger partial charge in [0.2, 0.25) is 0 Å². The van der Waals surface area contributed by atoms with E-state index in [1.165, 1.54) is 18.0 Å². The molecule has 0 radical (unpaired) electrons. The van der Waals surface area contributed by atoms with Crippen molar-refractivity contribution in [1.82, 2.24) is 15.0 Å². The molecule has 3 aromatic rings. The van der Waals surface area contributed by atoms with E-state index >= 15 is 0 Å². The Labute approximate surface area is 215 Å². The van der Waals surface area contributed by atoms with Crippen molar-refractivity contribution in [2.24, 2.45) is 0 Å². The number of nitrogens with zero attached hydrogens (tertiary/aromatic N) is 3. The van der Waals surface area contributed by atoms with Crippen molar-refractivity contribution in [2.45, 2.75) is 12.6 Å². The highest BCUT2D eigenvalue weighted by Crippen LogP contribution is 2.29. The lowest BCUT2D eigenvalue weighted by Gasteiger charge is -2.28. The van der Waals surface area contributed by atoms with E-state index in [4.69, 9.17) is 4.84 Å². The number of carbonyl (C=O) groups is 2. The third-order valence-electron chi connectivity index (χ3n) is 6.15. The van der Waals surface area contributed by atoms with Gasteiger partial charge in [-0.05, 0) is 42.0 Å². The predicted octanol–water partition coefficient (Wildman–Crippen LogP) is 4.08. The highest BCUT2D eigenvalue weighted by Gasteiger charge is 2.43. The van der Waals surface area contributed by atoms with Crippen LogP contribution in [-0.4, -0.2) is 58.9 Å². The summed E-state index contributed by atoms with van der Waals surface area (Å²) in [6.45, 7) is 2.28. The van der Waals surface area contributed by atoms with Gasteiger partial charge in [-0.2, -0.15) is 29.7 Å². The number of aromatic nitrogens is 2.